The molecule has 1 amide bonds. The summed E-state index contributed by atoms with van der Waals surface area (Å²) in [6.07, 6.45) is 1.84. The van der Waals surface area contributed by atoms with E-state index in [1.54, 1.807) is 4.68 Å². The van der Waals surface area contributed by atoms with Gasteiger partial charge in [0.05, 0.1) is 10.9 Å². The molecule has 28 heavy (non-hydrogen) atoms. The predicted octanol–water partition coefficient (Wildman–Crippen LogP) is 3.59. The lowest BCUT2D eigenvalue weighted by Crippen LogP contribution is -2.38. The van der Waals surface area contributed by atoms with Crippen molar-refractivity contribution in [3.63, 3.8) is 0 Å². The van der Waals surface area contributed by atoms with Crippen molar-refractivity contribution in [2.45, 2.75) is 50.1 Å². The Balaban J connectivity index is 1.54. The minimum absolute atomic E-state index is 0.0102. The van der Waals surface area contributed by atoms with Crippen LogP contribution in [0.25, 0.3) is 5.69 Å². The maximum atomic E-state index is 12.6. The monoisotopic (exact) mass is 395 g/mol. The molecule has 0 aliphatic carbocycles. The highest BCUT2D eigenvalue weighted by Crippen LogP contribution is 2.23. The van der Waals surface area contributed by atoms with Crippen molar-refractivity contribution in [2.24, 2.45) is 0 Å². The third-order valence-corrected chi connectivity index (χ3v) is 5.50. The molecule has 6 nitrogen and oxygen atoms in total. The van der Waals surface area contributed by atoms with Crippen LogP contribution in [0, 0.1) is 6.92 Å². The number of carbonyl (C=O) groups is 1. The Morgan fingerprint density at radius 1 is 1.11 bits per heavy atom. The first-order chi connectivity index (χ1) is 13.5. The Morgan fingerprint density at radius 3 is 2.54 bits per heavy atom. The first-order valence-electron chi connectivity index (χ1n) is 9.39. The van der Waals surface area contributed by atoms with Crippen molar-refractivity contribution in [1.82, 2.24) is 25.5 Å². The molecule has 0 fully saturated rings. The molecule has 7 heteroatoms. The molecule has 0 aliphatic heterocycles. The maximum absolute atomic E-state index is 12.6. The van der Waals surface area contributed by atoms with E-state index in [1.165, 1.54) is 22.9 Å². The number of nitrogens with one attached hydrogen (secondary N) is 1. The van der Waals surface area contributed by atoms with Gasteiger partial charge in [0.1, 0.15) is 0 Å². The molecule has 0 unspecified atom stereocenters. The van der Waals surface area contributed by atoms with E-state index in [4.69, 9.17) is 0 Å². The van der Waals surface area contributed by atoms with Crippen molar-refractivity contribution < 1.29 is 4.79 Å². The number of hydrogen-bond acceptors (Lipinski definition) is 5. The van der Waals surface area contributed by atoms with Crippen molar-refractivity contribution in [3.05, 3.63) is 65.7 Å². The fraction of sp³-hybridized carbons (Fsp3) is 0.333. The molecule has 1 aromatic heterocycles. The molecule has 146 valence electrons. The summed E-state index contributed by atoms with van der Waals surface area (Å²) in [5.41, 5.74) is 3.33. The summed E-state index contributed by atoms with van der Waals surface area (Å²) < 4.78 is 1.66. The average Bonchev–Trinajstić information content (AvgIpc) is 3.16. The summed E-state index contributed by atoms with van der Waals surface area (Å²) in [5.74, 6) is -0.0102. The zero-order valence-corrected chi connectivity index (χ0v) is 17.2. The van der Waals surface area contributed by atoms with E-state index in [9.17, 15) is 4.79 Å². The van der Waals surface area contributed by atoms with Crippen LogP contribution >= 0.6 is 11.8 Å². The Kier molecular flexibility index (Phi) is 6.81. The van der Waals surface area contributed by atoms with Gasteiger partial charge in [0, 0.05) is 6.04 Å². The number of benzene rings is 2. The van der Waals surface area contributed by atoms with E-state index in [-0.39, 0.29) is 17.2 Å². The molecule has 3 rings (SSSR count). The number of hydrogen-bond donors (Lipinski definition) is 1. The van der Waals surface area contributed by atoms with Crippen LogP contribution in [-0.2, 0) is 11.2 Å². The van der Waals surface area contributed by atoms with Gasteiger partial charge in [0.15, 0.2) is 0 Å². The Morgan fingerprint density at radius 2 is 1.82 bits per heavy atom. The van der Waals surface area contributed by atoms with Crippen molar-refractivity contribution in [1.29, 1.82) is 0 Å². The second kappa shape index (κ2) is 9.50. The molecule has 0 bridgehead atoms. The number of rotatable bonds is 8. The SMILES string of the molecule is Cc1ccc(-n2nnnc2S[C@@H](C)C(=O)N[C@H](C)CCc2ccccc2)cc1. The van der Waals surface area contributed by atoms with Gasteiger partial charge in [-0.2, -0.15) is 4.68 Å². The third-order valence-electron chi connectivity index (χ3n) is 4.47. The van der Waals surface area contributed by atoms with Crippen molar-refractivity contribution >= 4 is 17.7 Å². The number of amides is 1. The normalized spacial score (nSPS) is 13.1. The van der Waals surface area contributed by atoms with Gasteiger partial charge in [-0.15, -0.1) is 5.10 Å². The van der Waals surface area contributed by atoms with E-state index >= 15 is 0 Å². The summed E-state index contributed by atoms with van der Waals surface area (Å²) in [7, 11) is 0. The van der Waals surface area contributed by atoms with Gasteiger partial charge in [-0.3, -0.25) is 4.79 Å². The van der Waals surface area contributed by atoms with Crippen LogP contribution in [-0.4, -0.2) is 37.4 Å². The highest BCUT2D eigenvalue weighted by molar-refractivity contribution is 8.00. The molecule has 0 aliphatic rings. The first-order valence-corrected chi connectivity index (χ1v) is 10.3. The van der Waals surface area contributed by atoms with Gasteiger partial charge < -0.3 is 5.32 Å². The Labute approximate surface area is 169 Å². The standard InChI is InChI=1S/C21H25N5OS/c1-15-9-13-19(14-10-15)26-21(23-24-25-26)28-17(3)20(27)22-16(2)11-12-18-7-5-4-6-8-18/h4-10,13-14,16-17H,11-12H2,1-3H3,(H,22,27)/t16-,17+/m1/s1. The van der Waals surface area contributed by atoms with E-state index in [0.717, 1.165) is 18.5 Å². The molecular formula is C21H25N5OS. The number of nitrogens with zero attached hydrogens (tertiary/aromatic N) is 4. The van der Waals surface area contributed by atoms with Gasteiger partial charge in [-0.05, 0) is 61.7 Å². The van der Waals surface area contributed by atoms with Crippen LogP contribution in [0.4, 0.5) is 0 Å². The topological polar surface area (TPSA) is 72.7 Å². The maximum Gasteiger partial charge on any atom is 0.233 e. The molecular weight excluding hydrogens is 370 g/mol. The highest BCUT2D eigenvalue weighted by Gasteiger charge is 2.20. The largest absolute Gasteiger partial charge is 0.353 e. The predicted molar refractivity (Wildman–Crippen MR) is 112 cm³/mol. The average molecular weight is 396 g/mol. The van der Waals surface area contributed by atoms with Crippen LogP contribution in [0.5, 0.6) is 0 Å². The molecule has 0 saturated carbocycles. The van der Waals surface area contributed by atoms with Crippen LogP contribution < -0.4 is 5.32 Å². The second-order valence-electron chi connectivity index (χ2n) is 6.90. The number of aryl methyl sites for hydroxylation is 2. The van der Waals surface area contributed by atoms with Gasteiger partial charge in [0.2, 0.25) is 11.1 Å². The van der Waals surface area contributed by atoms with Gasteiger partial charge in [0.25, 0.3) is 0 Å². The molecule has 3 aromatic rings. The number of tetrazole rings is 1. The van der Waals surface area contributed by atoms with Gasteiger partial charge in [-0.1, -0.05) is 59.8 Å². The van der Waals surface area contributed by atoms with E-state index in [0.29, 0.717) is 5.16 Å². The zero-order chi connectivity index (χ0) is 19.9. The molecule has 2 atom stereocenters. The molecule has 0 spiro atoms. The van der Waals surface area contributed by atoms with Gasteiger partial charge >= 0.3 is 0 Å². The van der Waals surface area contributed by atoms with Gasteiger partial charge in [-0.25, -0.2) is 0 Å². The summed E-state index contributed by atoms with van der Waals surface area (Å²) in [5, 5.41) is 15.3. The Bertz CT molecular complexity index is 895. The van der Waals surface area contributed by atoms with E-state index in [2.05, 4.69) is 33.0 Å². The van der Waals surface area contributed by atoms with E-state index in [1.807, 2.05) is 63.2 Å². The second-order valence-corrected chi connectivity index (χ2v) is 8.21. The highest BCUT2D eigenvalue weighted by atomic mass is 32.2. The fourth-order valence-electron chi connectivity index (χ4n) is 2.77. The van der Waals surface area contributed by atoms with Crippen LogP contribution in [0.3, 0.4) is 0 Å². The molecule has 1 heterocycles. The summed E-state index contributed by atoms with van der Waals surface area (Å²) in [4.78, 5) is 12.6. The zero-order valence-electron chi connectivity index (χ0n) is 16.4. The van der Waals surface area contributed by atoms with E-state index < -0.39 is 0 Å². The van der Waals surface area contributed by atoms with Crippen LogP contribution in [0.15, 0.2) is 59.8 Å². The van der Waals surface area contributed by atoms with Crippen molar-refractivity contribution in [3.8, 4) is 5.69 Å². The molecule has 1 N–H and O–H groups in total. The van der Waals surface area contributed by atoms with Crippen LogP contribution in [0.1, 0.15) is 31.4 Å². The first kappa shape index (κ1) is 20.1. The minimum atomic E-state index is -0.297. The number of aromatic nitrogens is 4. The quantitative estimate of drug-likeness (QED) is 0.590. The summed E-state index contributed by atoms with van der Waals surface area (Å²) in [6.45, 7) is 5.94. The lowest BCUT2D eigenvalue weighted by atomic mass is 10.1. The number of carbonyl (C=O) groups excluding carboxylic acids is 1. The Hall–Kier alpha value is -2.67. The molecule has 2 aromatic carbocycles. The lowest BCUT2D eigenvalue weighted by Gasteiger charge is -2.17. The smallest absolute Gasteiger partial charge is 0.233 e. The number of thioether (sulfide) groups is 1. The minimum Gasteiger partial charge on any atom is -0.353 e. The lowest BCUT2D eigenvalue weighted by molar-refractivity contribution is -0.120. The molecule has 0 radical (unpaired) electrons. The molecule has 0 saturated heterocycles. The van der Waals surface area contributed by atoms with Crippen molar-refractivity contribution in [2.75, 3.05) is 0 Å². The van der Waals surface area contributed by atoms with Crippen LogP contribution in [0.2, 0.25) is 0 Å². The summed E-state index contributed by atoms with van der Waals surface area (Å²) >= 11 is 1.36. The summed E-state index contributed by atoms with van der Waals surface area (Å²) in [6, 6.07) is 18.4. The fourth-order valence-corrected chi connectivity index (χ4v) is 3.59. The third kappa shape index (κ3) is 5.42.